The number of hydrogen-bond donors (Lipinski definition) is 1. The molecule has 2 aromatic heterocycles. The maximum atomic E-state index is 12.5. The summed E-state index contributed by atoms with van der Waals surface area (Å²) in [5, 5.41) is 16.6. The minimum absolute atomic E-state index is 0.0511. The average molecular weight is 443 g/mol. The second-order valence-electron chi connectivity index (χ2n) is 8.20. The Morgan fingerprint density at radius 1 is 1.00 bits per heavy atom. The Labute approximate surface area is 192 Å². The Bertz CT molecular complexity index is 1230. The molecule has 0 bridgehead atoms. The highest BCUT2D eigenvalue weighted by Gasteiger charge is 2.22. The molecule has 33 heavy (non-hydrogen) atoms. The zero-order chi connectivity index (χ0) is 22.6. The number of ether oxygens (including phenoxy) is 1. The lowest BCUT2D eigenvalue weighted by Crippen LogP contribution is -2.45. The van der Waals surface area contributed by atoms with Gasteiger partial charge in [-0.3, -0.25) is 4.79 Å². The van der Waals surface area contributed by atoms with E-state index in [0.717, 1.165) is 60.1 Å². The number of methoxy groups -OCH3 is 1. The van der Waals surface area contributed by atoms with Crippen LogP contribution in [0.4, 0.5) is 5.82 Å². The van der Waals surface area contributed by atoms with E-state index < -0.39 is 0 Å². The lowest BCUT2D eigenvalue weighted by Gasteiger charge is -2.33. The van der Waals surface area contributed by atoms with Crippen molar-refractivity contribution in [3.05, 3.63) is 72.3 Å². The number of anilines is 1. The number of benzene rings is 2. The highest BCUT2D eigenvalue weighted by atomic mass is 16.5. The molecule has 0 atom stereocenters. The highest BCUT2D eigenvalue weighted by molar-refractivity contribution is 5.79. The number of piperidine rings is 1. The van der Waals surface area contributed by atoms with E-state index in [0.29, 0.717) is 6.42 Å². The average Bonchev–Trinajstić information content (AvgIpc) is 3.29. The third-order valence-corrected chi connectivity index (χ3v) is 5.99. The molecule has 1 N–H and O–H groups in total. The normalized spacial score (nSPS) is 14.4. The van der Waals surface area contributed by atoms with Crippen LogP contribution in [0.1, 0.15) is 18.4 Å². The Kier molecular flexibility index (Phi) is 5.89. The molecule has 2 aromatic carbocycles. The molecule has 3 heterocycles. The number of amides is 1. The van der Waals surface area contributed by atoms with Crippen LogP contribution < -0.4 is 15.0 Å². The zero-order valence-electron chi connectivity index (χ0n) is 18.5. The summed E-state index contributed by atoms with van der Waals surface area (Å²) in [6.45, 7) is 1.66. The predicted molar refractivity (Wildman–Crippen MR) is 126 cm³/mol. The van der Waals surface area contributed by atoms with E-state index in [1.807, 2.05) is 66.7 Å². The standard InChI is InChI=1S/C25H26N6O2/c1-33-21-9-7-18(8-10-21)17-24(32)26-20-13-15-30(16-14-20)23-12-11-22-27-28-25(31(22)29-23)19-5-3-2-4-6-19/h2-12,20H,13-17H2,1H3,(H,26,32). The fourth-order valence-corrected chi connectivity index (χ4v) is 4.18. The van der Waals surface area contributed by atoms with Crippen LogP contribution in [-0.2, 0) is 11.2 Å². The van der Waals surface area contributed by atoms with Crippen molar-refractivity contribution in [2.45, 2.75) is 25.3 Å². The van der Waals surface area contributed by atoms with Gasteiger partial charge in [0.2, 0.25) is 5.91 Å². The Morgan fingerprint density at radius 2 is 1.76 bits per heavy atom. The molecule has 4 aromatic rings. The van der Waals surface area contributed by atoms with Crippen molar-refractivity contribution < 1.29 is 9.53 Å². The summed E-state index contributed by atoms with van der Waals surface area (Å²) in [7, 11) is 1.64. The van der Waals surface area contributed by atoms with Gasteiger partial charge in [-0.2, -0.15) is 4.52 Å². The molecule has 1 saturated heterocycles. The Morgan fingerprint density at radius 3 is 2.48 bits per heavy atom. The summed E-state index contributed by atoms with van der Waals surface area (Å²) in [4.78, 5) is 14.7. The number of hydrogen-bond acceptors (Lipinski definition) is 6. The van der Waals surface area contributed by atoms with Gasteiger partial charge >= 0.3 is 0 Å². The monoisotopic (exact) mass is 442 g/mol. The SMILES string of the molecule is COc1ccc(CC(=O)NC2CCN(c3ccc4nnc(-c5ccccc5)n4n3)CC2)cc1. The number of aromatic nitrogens is 4. The maximum Gasteiger partial charge on any atom is 0.224 e. The minimum atomic E-state index is 0.0511. The lowest BCUT2D eigenvalue weighted by molar-refractivity contribution is -0.121. The molecule has 1 amide bonds. The first-order valence-electron chi connectivity index (χ1n) is 11.1. The Hall–Kier alpha value is -3.94. The van der Waals surface area contributed by atoms with Crippen molar-refractivity contribution in [3.63, 3.8) is 0 Å². The highest BCUT2D eigenvalue weighted by Crippen LogP contribution is 2.22. The van der Waals surface area contributed by atoms with Crippen LogP contribution in [0.15, 0.2) is 66.7 Å². The number of carbonyl (C=O) groups is 1. The van der Waals surface area contributed by atoms with E-state index in [1.54, 1.807) is 11.6 Å². The second kappa shape index (κ2) is 9.28. The smallest absolute Gasteiger partial charge is 0.224 e. The molecule has 0 unspecified atom stereocenters. The summed E-state index contributed by atoms with van der Waals surface area (Å²) in [6.07, 6.45) is 2.13. The van der Waals surface area contributed by atoms with Gasteiger partial charge in [-0.1, -0.05) is 42.5 Å². The number of rotatable bonds is 6. The minimum Gasteiger partial charge on any atom is -0.497 e. The van der Waals surface area contributed by atoms with Gasteiger partial charge in [-0.05, 0) is 42.7 Å². The van der Waals surface area contributed by atoms with Crippen molar-refractivity contribution in [2.75, 3.05) is 25.1 Å². The van der Waals surface area contributed by atoms with Crippen LogP contribution in [0, 0.1) is 0 Å². The van der Waals surface area contributed by atoms with Gasteiger partial charge in [0.25, 0.3) is 0 Å². The molecule has 1 aliphatic rings. The van der Waals surface area contributed by atoms with E-state index in [4.69, 9.17) is 9.84 Å². The van der Waals surface area contributed by atoms with Gasteiger partial charge < -0.3 is 15.0 Å². The van der Waals surface area contributed by atoms with Crippen LogP contribution in [-0.4, -0.2) is 52.0 Å². The zero-order valence-corrected chi connectivity index (χ0v) is 18.5. The molecular formula is C25H26N6O2. The van der Waals surface area contributed by atoms with Crippen LogP contribution in [0.25, 0.3) is 17.0 Å². The van der Waals surface area contributed by atoms with Crippen molar-refractivity contribution in [1.82, 2.24) is 25.1 Å². The molecule has 5 rings (SSSR count). The quantitative estimate of drug-likeness (QED) is 0.494. The third-order valence-electron chi connectivity index (χ3n) is 5.99. The van der Waals surface area contributed by atoms with Gasteiger partial charge in [-0.15, -0.1) is 15.3 Å². The first kappa shape index (κ1) is 20.9. The maximum absolute atomic E-state index is 12.5. The second-order valence-corrected chi connectivity index (χ2v) is 8.20. The number of carbonyl (C=O) groups excluding carboxylic acids is 1. The van der Waals surface area contributed by atoms with E-state index >= 15 is 0 Å². The molecule has 168 valence electrons. The lowest BCUT2D eigenvalue weighted by atomic mass is 10.0. The van der Waals surface area contributed by atoms with Crippen LogP contribution >= 0.6 is 0 Å². The molecule has 0 radical (unpaired) electrons. The largest absolute Gasteiger partial charge is 0.497 e. The Balaban J connectivity index is 1.20. The van der Waals surface area contributed by atoms with Gasteiger partial charge in [0.05, 0.1) is 13.5 Å². The van der Waals surface area contributed by atoms with Crippen molar-refractivity contribution in [1.29, 1.82) is 0 Å². The number of fused-ring (bicyclic) bond motifs is 1. The first-order valence-corrected chi connectivity index (χ1v) is 11.1. The van der Waals surface area contributed by atoms with Gasteiger partial charge in [0.15, 0.2) is 11.5 Å². The number of nitrogens with one attached hydrogen (secondary N) is 1. The van der Waals surface area contributed by atoms with Crippen molar-refractivity contribution >= 4 is 17.4 Å². The van der Waals surface area contributed by atoms with E-state index in [9.17, 15) is 4.79 Å². The fourth-order valence-electron chi connectivity index (χ4n) is 4.18. The van der Waals surface area contributed by atoms with E-state index in [1.165, 1.54) is 0 Å². The third kappa shape index (κ3) is 4.64. The topological polar surface area (TPSA) is 84.6 Å². The van der Waals surface area contributed by atoms with E-state index in [-0.39, 0.29) is 11.9 Å². The molecule has 1 aliphatic heterocycles. The first-order chi connectivity index (χ1) is 16.2. The van der Waals surface area contributed by atoms with Crippen LogP contribution in [0.3, 0.4) is 0 Å². The van der Waals surface area contributed by atoms with Crippen LogP contribution in [0.5, 0.6) is 5.75 Å². The van der Waals surface area contributed by atoms with E-state index in [2.05, 4.69) is 20.4 Å². The summed E-state index contributed by atoms with van der Waals surface area (Å²) >= 11 is 0. The molecule has 8 nitrogen and oxygen atoms in total. The summed E-state index contributed by atoms with van der Waals surface area (Å²) in [6, 6.07) is 21.7. The predicted octanol–water partition coefficient (Wildman–Crippen LogP) is 3.13. The number of nitrogens with zero attached hydrogens (tertiary/aromatic N) is 5. The van der Waals surface area contributed by atoms with Gasteiger partial charge in [0.1, 0.15) is 11.6 Å². The van der Waals surface area contributed by atoms with Crippen molar-refractivity contribution in [2.24, 2.45) is 0 Å². The van der Waals surface area contributed by atoms with Gasteiger partial charge in [0, 0.05) is 24.7 Å². The van der Waals surface area contributed by atoms with Crippen molar-refractivity contribution in [3.8, 4) is 17.1 Å². The molecule has 8 heteroatoms. The molecular weight excluding hydrogens is 416 g/mol. The summed E-state index contributed by atoms with van der Waals surface area (Å²) < 4.78 is 6.97. The van der Waals surface area contributed by atoms with Gasteiger partial charge in [-0.25, -0.2) is 0 Å². The molecule has 0 spiro atoms. The molecule has 0 saturated carbocycles. The summed E-state index contributed by atoms with van der Waals surface area (Å²) in [5.74, 6) is 2.46. The summed E-state index contributed by atoms with van der Waals surface area (Å²) in [5.41, 5.74) is 2.68. The molecule has 1 fully saturated rings. The molecule has 0 aliphatic carbocycles. The van der Waals surface area contributed by atoms with Crippen LogP contribution in [0.2, 0.25) is 0 Å². The fraction of sp³-hybridized carbons (Fsp3) is 0.280.